The fraction of sp³-hybridized carbons (Fsp3) is 0.632. The van der Waals surface area contributed by atoms with Crippen molar-refractivity contribution in [2.45, 2.75) is 50.7 Å². The first-order valence-corrected chi connectivity index (χ1v) is 8.99. The molecule has 2 N–H and O–H groups in total. The summed E-state index contributed by atoms with van der Waals surface area (Å²) in [5.41, 5.74) is 0.865. The Balaban J connectivity index is 0.00000243. The lowest BCUT2D eigenvalue weighted by Gasteiger charge is -2.24. The van der Waals surface area contributed by atoms with Crippen LogP contribution in [0.5, 0.6) is 17.2 Å². The molecule has 3 atom stereocenters. The van der Waals surface area contributed by atoms with Crippen molar-refractivity contribution in [2.75, 3.05) is 21.3 Å². The minimum absolute atomic E-state index is 0. The Morgan fingerprint density at radius 3 is 2.50 bits per heavy atom. The van der Waals surface area contributed by atoms with Gasteiger partial charge in [0.05, 0.1) is 27.4 Å². The number of methoxy groups -OCH3 is 3. The molecule has 1 aliphatic heterocycles. The summed E-state index contributed by atoms with van der Waals surface area (Å²) < 4.78 is 16.2. The van der Waals surface area contributed by atoms with Crippen LogP contribution in [0, 0.1) is 5.92 Å². The number of amides is 1. The van der Waals surface area contributed by atoms with Crippen molar-refractivity contribution in [3.63, 3.8) is 0 Å². The lowest BCUT2D eigenvalue weighted by Crippen LogP contribution is -2.42. The first-order chi connectivity index (χ1) is 12.2. The highest BCUT2D eigenvalue weighted by Gasteiger charge is 2.38. The number of carbonyl (C=O) groups is 1. The molecule has 0 spiro atoms. The average Bonchev–Trinajstić information content (AvgIpc) is 3.09. The van der Waals surface area contributed by atoms with Crippen LogP contribution in [-0.4, -0.2) is 39.3 Å². The fourth-order valence-electron chi connectivity index (χ4n) is 4.13. The Bertz CT molecular complexity index is 612. The number of fused-ring (bicyclic) bond motifs is 1. The van der Waals surface area contributed by atoms with E-state index in [1.165, 1.54) is 25.7 Å². The molecule has 1 aliphatic carbocycles. The third-order valence-electron chi connectivity index (χ3n) is 5.42. The van der Waals surface area contributed by atoms with Gasteiger partial charge in [0.2, 0.25) is 11.7 Å². The van der Waals surface area contributed by atoms with Crippen LogP contribution < -0.4 is 24.8 Å². The lowest BCUT2D eigenvalue weighted by molar-refractivity contribution is -0.123. The van der Waals surface area contributed by atoms with Crippen molar-refractivity contribution in [3.8, 4) is 17.2 Å². The van der Waals surface area contributed by atoms with Crippen molar-refractivity contribution >= 4 is 18.3 Å². The number of hydrogen-bond donors (Lipinski definition) is 2. The molecule has 3 rings (SSSR count). The summed E-state index contributed by atoms with van der Waals surface area (Å²) in [7, 11) is 4.75. The molecule has 1 heterocycles. The molecule has 3 unspecified atom stereocenters. The second-order valence-electron chi connectivity index (χ2n) is 6.82. The molecule has 1 aromatic rings. The summed E-state index contributed by atoms with van der Waals surface area (Å²) in [4.78, 5) is 12.6. The molecule has 1 aromatic carbocycles. The minimum atomic E-state index is -0.0840. The van der Waals surface area contributed by atoms with Gasteiger partial charge in [0.15, 0.2) is 11.5 Å². The summed E-state index contributed by atoms with van der Waals surface area (Å²) in [5.74, 6) is 2.46. The van der Waals surface area contributed by atoms with E-state index in [2.05, 4.69) is 10.6 Å². The molecule has 1 saturated carbocycles. The predicted octanol–water partition coefficient (Wildman–Crippen LogP) is 2.67. The topological polar surface area (TPSA) is 68.8 Å². The Labute approximate surface area is 161 Å². The Morgan fingerprint density at radius 1 is 1.12 bits per heavy atom. The summed E-state index contributed by atoms with van der Waals surface area (Å²) in [6.45, 7) is 0.399. The smallest absolute Gasteiger partial charge is 0.237 e. The Hall–Kier alpha value is -1.66. The summed E-state index contributed by atoms with van der Waals surface area (Å²) in [6.07, 6.45) is 5.94. The van der Waals surface area contributed by atoms with Gasteiger partial charge in [-0.2, -0.15) is 0 Å². The van der Waals surface area contributed by atoms with Gasteiger partial charge in [-0.05, 0) is 37.3 Å². The number of ether oxygens (including phenoxy) is 3. The van der Waals surface area contributed by atoms with Gasteiger partial charge in [0.1, 0.15) is 0 Å². The second-order valence-corrected chi connectivity index (χ2v) is 6.82. The van der Waals surface area contributed by atoms with E-state index in [9.17, 15) is 4.79 Å². The van der Waals surface area contributed by atoms with Crippen LogP contribution in [0.1, 0.15) is 37.7 Å². The summed E-state index contributed by atoms with van der Waals surface area (Å²) in [6, 6.07) is 4.15. The number of hydrogen-bond acceptors (Lipinski definition) is 5. The van der Waals surface area contributed by atoms with Gasteiger partial charge in [0.25, 0.3) is 0 Å². The zero-order valence-electron chi connectivity index (χ0n) is 15.7. The van der Waals surface area contributed by atoms with Gasteiger partial charge >= 0.3 is 0 Å². The van der Waals surface area contributed by atoms with Gasteiger partial charge in [-0.1, -0.05) is 12.8 Å². The van der Waals surface area contributed by atoms with Gasteiger partial charge in [0, 0.05) is 18.2 Å². The molecule has 0 radical (unpaired) electrons. The minimum Gasteiger partial charge on any atom is -0.493 e. The van der Waals surface area contributed by atoms with Gasteiger partial charge in [-0.3, -0.25) is 4.79 Å². The first-order valence-electron chi connectivity index (χ1n) is 8.99. The van der Waals surface area contributed by atoms with E-state index in [1.54, 1.807) is 21.3 Å². The van der Waals surface area contributed by atoms with Gasteiger partial charge in [-0.25, -0.2) is 0 Å². The van der Waals surface area contributed by atoms with Crippen LogP contribution in [0.25, 0.3) is 0 Å². The van der Waals surface area contributed by atoms with Crippen molar-refractivity contribution < 1.29 is 19.0 Å². The molecule has 26 heavy (non-hydrogen) atoms. The number of nitrogens with one attached hydrogen (secondary N) is 2. The van der Waals surface area contributed by atoms with Gasteiger partial charge in [-0.15, -0.1) is 12.4 Å². The number of halogens is 1. The highest BCUT2D eigenvalue weighted by atomic mass is 35.5. The molecule has 7 heteroatoms. The monoisotopic (exact) mass is 384 g/mol. The van der Waals surface area contributed by atoms with Crippen molar-refractivity contribution in [3.05, 3.63) is 17.7 Å². The van der Waals surface area contributed by atoms with Crippen LogP contribution in [0.4, 0.5) is 0 Å². The molecule has 2 fully saturated rings. The molecular weight excluding hydrogens is 356 g/mol. The maximum Gasteiger partial charge on any atom is 0.237 e. The molecule has 1 saturated heterocycles. The maximum absolute atomic E-state index is 12.6. The average molecular weight is 385 g/mol. The second kappa shape index (κ2) is 9.33. The van der Waals surface area contributed by atoms with Crippen LogP contribution in [0.3, 0.4) is 0 Å². The van der Waals surface area contributed by atoms with Crippen molar-refractivity contribution in [1.29, 1.82) is 0 Å². The maximum atomic E-state index is 12.6. The van der Waals surface area contributed by atoms with E-state index in [-0.39, 0.29) is 24.4 Å². The lowest BCUT2D eigenvalue weighted by atomic mass is 9.85. The Kier molecular flexibility index (Phi) is 7.41. The van der Waals surface area contributed by atoms with Crippen LogP contribution >= 0.6 is 12.4 Å². The SMILES string of the molecule is COc1ccc(CNC(=O)C2CC3CCCCC3N2)c(OC)c1OC.Cl. The van der Waals surface area contributed by atoms with Crippen LogP contribution in [-0.2, 0) is 11.3 Å². The quantitative estimate of drug-likeness (QED) is 0.789. The summed E-state index contributed by atoms with van der Waals surface area (Å²) in [5, 5.41) is 6.55. The molecule has 1 amide bonds. The van der Waals surface area contributed by atoms with E-state index in [4.69, 9.17) is 14.2 Å². The fourth-order valence-corrected chi connectivity index (χ4v) is 4.13. The third-order valence-corrected chi connectivity index (χ3v) is 5.42. The normalized spacial score (nSPS) is 24.2. The molecular formula is C19H29ClN2O4. The number of carbonyl (C=O) groups excluding carboxylic acids is 1. The molecule has 146 valence electrons. The van der Waals surface area contributed by atoms with E-state index in [1.807, 2.05) is 12.1 Å². The predicted molar refractivity (Wildman–Crippen MR) is 102 cm³/mol. The van der Waals surface area contributed by atoms with E-state index >= 15 is 0 Å². The molecule has 0 bridgehead atoms. The molecule has 6 nitrogen and oxygen atoms in total. The largest absolute Gasteiger partial charge is 0.493 e. The zero-order valence-corrected chi connectivity index (χ0v) is 16.5. The first kappa shape index (κ1) is 20.6. The van der Waals surface area contributed by atoms with E-state index in [0.29, 0.717) is 35.8 Å². The van der Waals surface area contributed by atoms with E-state index in [0.717, 1.165) is 12.0 Å². The highest BCUT2D eigenvalue weighted by molar-refractivity contribution is 5.85. The number of rotatable bonds is 6. The van der Waals surface area contributed by atoms with Crippen LogP contribution in [0.15, 0.2) is 12.1 Å². The van der Waals surface area contributed by atoms with E-state index < -0.39 is 0 Å². The van der Waals surface area contributed by atoms with Gasteiger partial charge < -0.3 is 24.8 Å². The molecule has 0 aromatic heterocycles. The van der Waals surface area contributed by atoms with Crippen molar-refractivity contribution in [2.24, 2.45) is 5.92 Å². The molecule has 2 aliphatic rings. The van der Waals surface area contributed by atoms with Crippen molar-refractivity contribution in [1.82, 2.24) is 10.6 Å². The Morgan fingerprint density at radius 2 is 1.85 bits per heavy atom. The zero-order chi connectivity index (χ0) is 17.8. The van der Waals surface area contributed by atoms with Crippen LogP contribution in [0.2, 0.25) is 0 Å². The highest BCUT2D eigenvalue weighted by Crippen LogP contribution is 2.39. The number of benzene rings is 1. The third kappa shape index (κ3) is 4.18. The summed E-state index contributed by atoms with van der Waals surface area (Å²) >= 11 is 0. The standard InChI is InChI=1S/C19H28N2O4.ClH/c1-23-16-9-8-13(17(24-2)18(16)25-3)11-20-19(22)15-10-12-6-4-5-7-14(12)21-15;/h8-9,12,14-15,21H,4-7,10-11H2,1-3H3,(H,20,22);1H.